The second kappa shape index (κ2) is 9.60. The summed E-state index contributed by atoms with van der Waals surface area (Å²) >= 11 is 0. The first-order valence-corrected chi connectivity index (χ1v) is 11.4. The van der Waals surface area contributed by atoms with Gasteiger partial charge < -0.3 is 19.5 Å². The van der Waals surface area contributed by atoms with Crippen LogP contribution in [-0.4, -0.2) is 62.5 Å². The standard InChI is InChI=1S/C24H26N6O4/c1-16-5-6-17(14-18(16)26-24(32)19-15-25-20-4-2-3-9-30(19)20)23-27-21(34-28-23)7-8-22(31)29-10-12-33-13-11-29/h2-4,6,9,14-16H,5,7-8,10-13H2,1H3,(H,26,32). The number of fused-ring (bicyclic) bond motifs is 1. The first-order chi connectivity index (χ1) is 16.6. The van der Waals surface area contributed by atoms with Crippen LogP contribution in [0.1, 0.15) is 42.0 Å². The molecule has 5 rings (SSSR count). The number of amides is 2. The number of nitrogens with zero attached hydrogens (tertiary/aromatic N) is 5. The summed E-state index contributed by atoms with van der Waals surface area (Å²) in [6, 6.07) is 5.59. The molecule has 2 aliphatic rings. The number of rotatable bonds is 6. The summed E-state index contributed by atoms with van der Waals surface area (Å²) in [4.78, 5) is 35.8. The van der Waals surface area contributed by atoms with Gasteiger partial charge in [0.1, 0.15) is 11.3 Å². The Bertz CT molecular complexity index is 1270. The minimum absolute atomic E-state index is 0.0612. The van der Waals surface area contributed by atoms with E-state index in [1.54, 1.807) is 15.5 Å². The van der Waals surface area contributed by atoms with Crippen molar-refractivity contribution in [3.8, 4) is 0 Å². The molecular formula is C24H26N6O4. The lowest BCUT2D eigenvalue weighted by atomic mass is 9.94. The largest absolute Gasteiger partial charge is 0.378 e. The van der Waals surface area contributed by atoms with E-state index in [9.17, 15) is 9.59 Å². The molecule has 1 aliphatic carbocycles. The summed E-state index contributed by atoms with van der Waals surface area (Å²) in [6.07, 6.45) is 8.71. The van der Waals surface area contributed by atoms with Crippen LogP contribution in [0.5, 0.6) is 0 Å². The number of carbonyl (C=O) groups excluding carboxylic acids is 2. The van der Waals surface area contributed by atoms with Gasteiger partial charge in [-0.05, 0) is 30.5 Å². The molecule has 1 N–H and O–H groups in total. The van der Waals surface area contributed by atoms with Gasteiger partial charge in [-0.25, -0.2) is 4.98 Å². The number of nitrogens with one attached hydrogen (secondary N) is 1. The fraction of sp³-hybridized carbons (Fsp3) is 0.375. The summed E-state index contributed by atoms with van der Waals surface area (Å²) in [7, 11) is 0. The number of morpholine rings is 1. The molecule has 1 saturated heterocycles. The van der Waals surface area contributed by atoms with Gasteiger partial charge in [0.15, 0.2) is 0 Å². The Morgan fingerprint density at radius 2 is 2.09 bits per heavy atom. The fourth-order valence-corrected chi connectivity index (χ4v) is 4.07. The highest BCUT2D eigenvalue weighted by Gasteiger charge is 2.22. The maximum Gasteiger partial charge on any atom is 0.274 e. The molecule has 34 heavy (non-hydrogen) atoms. The first-order valence-electron chi connectivity index (χ1n) is 11.4. The summed E-state index contributed by atoms with van der Waals surface area (Å²) in [6.45, 7) is 4.44. The van der Waals surface area contributed by atoms with E-state index in [1.807, 2.05) is 43.5 Å². The molecule has 0 aromatic carbocycles. The number of aryl methyl sites for hydroxylation is 1. The van der Waals surface area contributed by atoms with E-state index in [4.69, 9.17) is 9.26 Å². The molecule has 0 spiro atoms. The monoisotopic (exact) mass is 462 g/mol. The Balaban J connectivity index is 1.25. The number of aromatic nitrogens is 4. The Labute approximate surface area is 196 Å². The van der Waals surface area contributed by atoms with Gasteiger partial charge in [-0.15, -0.1) is 0 Å². The van der Waals surface area contributed by atoms with Gasteiger partial charge in [-0.3, -0.25) is 14.0 Å². The molecule has 1 atom stereocenters. The van der Waals surface area contributed by atoms with E-state index in [0.29, 0.717) is 62.2 Å². The van der Waals surface area contributed by atoms with Gasteiger partial charge in [0.25, 0.3) is 5.91 Å². The van der Waals surface area contributed by atoms with E-state index in [2.05, 4.69) is 20.4 Å². The second-order valence-corrected chi connectivity index (χ2v) is 8.43. The van der Waals surface area contributed by atoms with Crippen molar-refractivity contribution in [3.05, 3.63) is 65.9 Å². The third kappa shape index (κ3) is 4.62. The Morgan fingerprint density at radius 1 is 1.24 bits per heavy atom. The van der Waals surface area contributed by atoms with E-state index in [-0.39, 0.29) is 17.7 Å². The Kier molecular flexibility index (Phi) is 6.22. The smallest absolute Gasteiger partial charge is 0.274 e. The van der Waals surface area contributed by atoms with Crippen molar-refractivity contribution >= 4 is 23.0 Å². The predicted octanol–water partition coefficient (Wildman–Crippen LogP) is 2.25. The summed E-state index contributed by atoms with van der Waals surface area (Å²) in [5.41, 5.74) is 2.74. The predicted molar refractivity (Wildman–Crippen MR) is 123 cm³/mol. The number of imidazole rings is 1. The quantitative estimate of drug-likeness (QED) is 0.597. The third-order valence-electron chi connectivity index (χ3n) is 6.08. The van der Waals surface area contributed by atoms with E-state index in [0.717, 1.165) is 17.7 Å². The Hall–Kier alpha value is -3.79. The topological polar surface area (TPSA) is 115 Å². The van der Waals surface area contributed by atoms with Crippen molar-refractivity contribution in [2.45, 2.75) is 26.2 Å². The minimum atomic E-state index is -0.228. The van der Waals surface area contributed by atoms with Crippen molar-refractivity contribution in [1.82, 2.24) is 29.7 Å². The first kappa shape index (κ1) is 22.0. The number of carbonyl (C=O) groups is 2. The van der Waals surface area contributed by atoms with E-state index >= 15 is 0 Å². The highest BCUT2D eigenvalue weighted by Crippen LogP contribution is 2.27. The third-order valence-corrected chi connectivity index (χ3v) is 6.08. The molecule has 1 aliphatic heterocycles. The van der Waals surface area contributed by atoms with Crippen molar-refractivity contribution in [3.63, 3.8) is 0 Å². The van der Waals surface area contributed by atoms with Crippen LogP contribution < -0.4 is 5.32 Å². The van der Waals surface area contributed by atoms with Crippen molar-refractivity contribution < 1.29 is 18.8 Å². The lowest BCUT2D eigenvalue weighted by molar-refractivity contribution is -0.135. The van der Waals surface area contributed by atoms with Gasteiger partial charge in [-0.1, -0.05) is 24.2 Å². The van der Waals surface area contributed by atoms with Crippen LogP contribution in [0.25, 0.3) is 11.2 Å². The van der Waals surface area contributed by atoms with Gasteiger partial charge in [-0.2, -0.15) is 4.98 Å². The molecule has 0 bridgehead atoms. The lowest BCUT2D eigenvalue weighted by Gasteiger charge is -2.26. The zero-order valence-corrected chi connectivity index (χ0v) is 18.9. The summed E-state index contributed by atoms with van der Waals surface area (Å²) < 4.78 is 12.4. The van der Waals surface area contributed by atoms with Crippen LogP contribution in [-0.2, 0) is 16.0 Å². The molecule has 0 radical (unpaired) electrons. The molecule has 1 fully saturated rings. The number of hydrogen-bond acceptors (Lipinski definition) is 7. The molecule has 3 aromatic heterocycles. The fourth-order valence-electron chi connectivity index (χ4n) is 4.07. The average molecular weight is 463 g/mol. The lowest BCUT2D eigenvalue weighted by Crippen LogP contribution is -2.40. The molecule has 3 aromatic rings. The van der Waals surface area contributed by atoms with E-state index < -0.39 is 0 Å². The molecule has 10 heteroatoms. The number of pyridine rings is 1. The van der Waals surface area contributed by atoms with Gasteiger partial charge in [0.2, 0.25) is 17.6 Å². The van der Waals surface area contributed by atoms with Crippen LogP contribution in [0, 0.1) is 5.92 Å². The maximum absolute atomic E-state index is 12.9. The second-order valence-electron chi connectivity index (χ2n) is 8.43. The van der Waals surface area contributed by atoms with Crippen LogP contribution in [0.15, 0.2) is 53.0 Å². The molecule has 2 amide bonds. The van der Waals surface area contributed by atoms with Crippen LogP contribution >= 0.6 is 0 Å². The van der Waals surface area contributed by atoms with Crippen molar-refractivity contribution in [2.24, 2.45) is 5.92 Å². The minimum Gasteiger partial charge on any atom is -0.378 e. The molecule has 4 heterocycles. The Morgan fingerprint density at radius 3 is 2.94 bits per heavy atom. The van der Waals surface area contributed by atoms with Crippen LogP contribution in [0.3, 0.4) is 0 Å². The van der Waals surface area contributed by atoms with Gasteiger partial charge in [0, 0.05) is 43.4 Å². The highest BCUT2D eigenvalue weighted by molar-refractivity contribution is 5.94. The molecular weight excluding hydrogens is 436 g/mol. The number of ether oxygens (including phenoxy) is 1. The average Bonchev–Trinajstić information content (AvgIpc) is 3.52. The zero-order valence-electron chi connectivity index (χ0n) is 18.9. The molecule has 176 valence electrons. The zero-order chi connectivity index (χ0) is 23.5. The number of hydrogen-bond donors (Lipinski definition) is 1. The highest BCUT2D eigenvalue weighted by atomic mass is 16.5. The van der Waals surface area contributed by atoms with Crippen LogP contribution in [0.2, 0.25) is 0 Å². The summed E-state index contributed by atoms with van der Waals surface area (Å²) in [5.74, 6) is 0.826. The molecule has 0 saturated carbocycles. The van der Waals surface area contributed by atoms with Crippen molar-refractivity contribution in [2.75, 3.05) is 26.3 Å². The maximum atomic E-state index is 12.9. The summed E-state index contributed by atoms with van der Waals surface area (Å²) in [5, 5.41) is 7.11. The van der Waals surface area contributed by atoms with Gasteiger partial charge >= 0.3 is 0 Å². The molecule has 1 unspecified atom stereocenters. The SMILES string of the molecule is CC1CC=C(c2noc(CCC(=O)N3CCOCC3)n2)C=C1NC(=O)c1cnc2ccccn12. The number of allylic oxidation sites excluding steroid dienone is 4. The van der Waals surface area contributed by atoms with E-state index in [1.165, 1.54) is 0 Å². The molecule has 10 nitrogen and oxygen atoms in total. The van der Waals surface area contributed by atoms with Crippen molar-refractivity contribution in [1.29, 1.82) is 0 Å². The normalized spacial score (nSPS) is 18.5. The van der Waals surface area contributed by atoms with Crippen LogP contribution in [0.4, 0.5) is 0 Å². The van der Waals surface area contributed by atoms with Gasteiger partial charge in [0.05, 0.1) is 19.4 Å².